The van der Waals surface area contributed by atoms with Gasteiger partial charge in [-0.1, -0.05) is 12.1 Å². The summed E-state index contributed by atoms with van der Waals surface area (Å²) in [5.41, 5.74) is 7.38. The number of fused-ring (bicyclic) bond motifs is 1. The first-order valence-corrected chi connectivity index (χ1v) is 7.33. The summed E-state index contributed by atoms with van der Waals surface area (Å²) >= 11 is 0. The number of para-hydroxylation sites is 1. The number of nitrogens with zero attached hydrogens (tertiary/aromatic N) is 1. The highest BCUT2D eigenvalue weighted by molar-refractivity contribution is 6.03. The molecule has 0 spiro atoms. The predicted molar refractivity (Wildman–Crippen MR) is 90.0 cm³/mol. The number of nitrogens with two attached hydrogens (primary N) is 1. The molecule has 0 saturated heterocycles. The number of ether oxygens (including phenoxy) is 1. The summed E-state index contributed by atoms with van der Waals surface area (Å²) in [6.45, 7) is -0.493. The molecule has 0 atom stereocenters. The molecule has 0 fully saturated rings. The van der Waals surface area contributed by atoms with Crippen molar-refractivity contribution >= 4 is 34.5 Å². The lowest BCUT2D eigenvalue weighted by Gasteiger charge is -2.09. The molecule has 0 aliphatic rings. The van der Waals surface area contributed by atoms with Gasteiger partial charge < -0.3 is 20.8 Å². The van der Waals surface area contributed by atoms with Crippen LogP contribution in [0.1, 0.15) is 20.7 Å². The maximum Gasteiger partial charge on any atom is 0.338 e. The zero-order chi connectivity index (χ0) is 17.8. The van der Waals surface area contributed by atoms with Gasteiger partial charge in [-0.15, -0.1) is 0 Å². The molecule has 0 radical (unpaired) electrons. The van der Waals surface area contributed by atoms with Crippen molar-refractivity contribution in [1.82, 2.24) is 9.97 Å². The lowest BCUT2D eigenvalue weighted by Crippen LogP contribution is -2.23. The van der Waals surface area contributed by atoms with Crippen LogP contribution in [0.2, 0.25) is 0 Å². The number of benzene rings is 2. The molecule has 3 rings (SSSR count). The first-order chi connectivity index (χ1) is 12.0. The lowest BCUT2D eigenvalue weighted by molar-refractivity contribution is -0.119. The minimum atomic E-state index is -0.666. The van der Waals surface area contributed by atoms with Crippen molar-refractivity contribution in [3.05, 3.63) is 59.9 Å². The Hall–Kier alpha value is -3.68. The highest BCUT2D eigenvalue weighted by atomic mass is 16.5. The van der Waals surface area contributed by atoms with E-state index in [2.05, 4.69) is 15.3 Å². The highest BCUT2D eigenvalue weighted by Gasteiger charge is 2.14. The third-order valence-electron chi connectivity index (χ3n) is 3.46. The Morgan fingerprint density at radius 2 is 1.96 bits per heavy atom. The molecule has 126 valence electrons. The molecule has 1 aromatic heterocycles. The van der Waals surface area contributed by atoms with Crippen molar-refractivity contribution < 1.29 is 19.1 Å². The monoisotopic (exact) mass is 338 g/mol. The van der Waals surface area contributed by atoms with Crippen molar-refractivity contribution in [2.24, 2.45) is 5.73 Å². The number of hydrogen-bond donors (Lipinski definition) is 3. The van der Waals surface area contributed by atoms with Gasteiger partial charge in [0.05, 0.1) is 34.2 Å². The first kappa shape index (κ1) is 16.2. The molecule has 0 aliphatic heterocycles. The zero-order valence-electron chi connectivity index (χ0n) is 13.0. The van der Waals surface area contributed by atoms with Gasteiger partial charge in [0.2, 0.25) is 0 Å². The van der Waals surface area contributed by atoms with E-state index in [1.54, 1.807) is 30.3 Å². The van der Waals surface area contributed by atoms with Crippen molar-refractivity contribution in [1.29, 1.82) is 0 Å². The third kappa shape index (κ3) is 3.63. The number of rotatable bonds is 5. The average Bonchev–Trinajstić information content (AvgIpc) is 3.07. The summed E-state index contributed by atoms with van der Waals surface area (Å²) in [4.78, 5) is 42.2. The molecular formula is C17H14N4O4. The molecule has 3 aromatic rings. The number of esters is 1. The molecule has 0 aliphatic carbocycles. The van der Waals surface area contributed by atoms with Gasteiger partial charge in [-0.05, 0) is 30.3 Å². The number of primary amides is 1. The fraction of sp³-hybridized carbons (Fsp3) is 0.0588. The van der Waals surface area contributed by atoms with E-state index in [0.717, 1.165) is 5.52 Å². The van der Waals surface area contributed by atoms with Crippen LogP contribution in [0, 0.1) is 0 Å². The van der Waals surface area contributed by atoms with Crippen molar-refractivity contribution in [2.75, 3.05) is 11.9 Å². The Morgan fingerprint density at radius 1 is 1.16 bits per heavy atom. The summed E-state index contributed by atoms with van der Waals surface area (Å²) in [7, 11) is 0. The van der Waals surface area contributed by atoms with Gasteiger partial charge in [-0.2, -0.15) is 0 Å². The summed E-state index contributed by atoms with van der Waals surface area (Å²) in [6, 6.07) is 11.1. The largest absolute Gasteiger partial charge is 0.452 e. The number of hydrogen-bond acceptors (Lipinski definition) is 5. The van der Waals surface area contributed by atoms with E-state index in [1.807, 2.05) is 0 Å². The standard InChI is InChI=1S/C17H14N4O4/c18-16(23)11-3-1-2-4-12(11)21-15(22)8-25-17(24)10-5-6-13-14(7-10)20-9-19-13/h1-7,9H,8H2,(H2,18,23)(H,19,20)(H,21,22). The van der Waals surface area contributed by atoms with Crippen molar-refractivity contribution in [2.45, 2.75) is 0 Å². The molecule has 8 nitrogen and oxygen atoms in total. The molecule has 1 heterocycles. The van der Waals surface area contributed by atoms with E-state index >= 15 is 0 Å². The Balaban J connectivity index is 1.62. The maximum absolute atomic E-state index is 12.0. The quantitative estimate of drug-likeness (QED) is 0.607. The second-order valence-electron chi connectivity index (χ2n) is 5.17. The van der Waals surface area contributed by atoms with E-state index < -0.39 is 24.4 Å². The van der Waals surface area contributed by atoms with Gasteiger partial charge in [-0.3, -0.25) is 9.59 Å². The maximum atomic E-state index is 12.0. The van der Waals surface area contributed by atoms with Crippen LogP contribution < -0.4 is 11.1 Å². The molecule has 2 amide bonds. The second kappa shape index (κ2) is 6.83. The van der Waals surface area contributed by atoms with Gasteiger partial charge in [-0.25, -0.2) is 9.78 Å². The Morgan fingerprint density at radius 3 is 2.76 bits per heavy atom. The van der Waals surface area contributed by atoms with E-state index in [-0.39, 0.29) is 11.3 Å². The van der Waals surface area contributed by atoms with Crippen LogP contribution in [0.4, 0.5) is 5.69 Å². The number of imidazole rings is 1. The molecule has 4 N–H and O–H groups in total. The number of amides is 2. The van der Waals surface area contributed by atoms with E-state index in [1.165, 1.54) is 18.5 Å². The summed E-state index contributed by atoms with van der Waals surface area (Å²) in [6.07, 6.45) is 1.52. The second-order valence-corrected chi connectivity index (χ2v) is 5.17. The van der Waals surface area contributed by atoms with E-state index in [9.17, 15) is 14.4 Å². The SMILES string of the molecule is NC(=O)c1ccccc1NC(=O)COC(=O)c1ccc2nc[nH]c2c1. The Kier molecular flexibility index (Phi) is 4.42. The van der Waals surface area contributed by atoms with Crippen LogP contribution in [0.5, 0.6) is 0 Å². The zero-order valence-corrected chi connectivity index (χ0v) is 13.0. The molecule has 25 heavy (non-hydrogen) atoms. The number of aromatic nitrogens is 2. The first-order valence-electron chi connectivity index (χ1n) is 7.33. The van der Waals surface area contributed by atoms with Crippen LogP contribution in [0.15, 0.2) is 48.8 Å². The normalized spacial score (nSPS) is 10.4. The smallest absolute Gasteiger partial charge is 0.338 e. The van der Waals surface area contributed by atoms with Crippen LogP contribution >= 0.6 is 0 Å². The number of anilines is 1. The lowest BCUT2D eigenvalue weighted by atomic mass is 10.1. The van der Waals surface area contributed by atoms with Gasteiger partial charge in [0.15, 0.2) is 6.61 Å². The number of carbonyl (C=O) groups excluding carboxylic acids is 3. The molecule has 0 saturated carbocycles. The van der Waals surface area contributed by atoms with Crippen molar-refractivity contribution in [3.63, 3.8) is 0 Å². The van der Waals surface area contributed by atoms with E-state index in [4.69, 9.17) is 10.5 Å². The molecule has 0 bridgehead atoms. The van der Waals surface area contributed by atoms with Crippen LogP contribution in [0.3, 0.4) is 0 Å². The number of carbonyl (C=O) groups is 3. The Labute approximate surface area is 142 Å². The molecule has 2 aromatic carbocycles. The predicted octanol–water partition coefficient (Wildman–Crippen LogP) is 1.46. The van der Waals surface area contributed by atoms with Crippen molar-refractivity contribution in [3.8, 4) is 0 Å². The topological polar surface area (TPSA) is 127 Å². The molecular weight excluding hydrogens is 324 g/mol. The van der Waals surface area contributed by atoms with Gasteiger partial charge in [0.25, 0.3) is 11.8 Å². The average molecular weight is 338 g/mol. The van der Waals surface area contributed by atoms with Crippen LogP contribution in [0.25, 0.3) is 11.0 Å². The van der Waals surface area contributed by atoms with Gasteiger partial charge in [0.1, 0.15) is 0 Å². The minimum Gasteiger partial charge on any atom is -0.452 e. The summed E-state index contributed by atoms with van der Waals surface area (Å²) < 4.78 is 4.99. The van der Waals surface area contributed by atoms with E-state index in [0.29, 0.717) is 11.1 Å². The third-order valence-corrected chi connectivity index (χ3v) is 3.46. The highest BCUT2D eigenvalue weighted by Crippen LogP contribution is 2.15. The Bertz CT molecular complexity index is 964. The van der Waals surface area contributed by atoms with Crippen LogP contribution in [-0.4, -0.2) is 34.4 Å². The fourth-order valence-electron chi connectivity index (χ4n) is 2.27. The van der Waals surface area contributed by atoms with Gasteiger partial charge >= 0.3 is 5.97 Å². The number of nitrogens with one attached hydrogen (secondary N) is 2. The number of H-pyrrole nitrogens is 1. The van der Waals surface area contributed by atoms with Gasteiger partial charge in [0, 0.05) is 0 Å². The van der Waals surface area contributed by atoms with Crippen LogP contribution in [-0.2, 0) is 9.53 Å². The number of aromatic amines is 1. The fourth-order valence-corrected chi connectivity index (χ4v) is 2.27. The minimum absolute atomic E-state index is 0.173. The summed E-state index contributed by atoms with van der Waals surface area (Å²) in [5, 5.41) is 2.49. The summed E-state index contributed by atoms with van der Waals surface area (Å²) in [5.74, 6) is -1.89. The molecule has 0 unspecified atom stereocenters. The molecule has 8 heteroatoms.